The number of nitrogens with two attached hydrogens (primary N) is 1. The molecule has 2 aromatic rings. The number of nitrogen functional groups attached to an aromatic ring is 1. The molecule has 10 heteroatoms. The Balaban J connectivity index is 2.48. The van der Waals surface area contributed by atoms with Crippen molar-refractivity contribution < 1.29 is 9.66 Å². The van der Waals surface area contributed by atoms with E-state index in [1.165, 1.54) is 12.1 Å². The molecular weight excluding hydrogens is 375 g/mol. The summed E-state index contributed by atoms with van der Waals surface area (Å²) in [6, 6.07) is 2.89. The minimum atomic E-state index is -0.737. The SMILES string of the molecule is Nc1ncnc(Oc2cc(Cl)c(Br)cc2Cl)c1[N+](=O)[O-]. The monoisotopic (exact) mass is 378 g/mol. The number of benzene rings is 1. The summed E-state index contributed by atoms with van der Waals surface area (Å²) in [6.07, 6.45) is 1.05. The minimum absolute atomic E-state index is 0.112. The summed E-state index contributed by atoms with van der Waals surface area (Å²) in [7, 11) is 0. The number of hydrogen-bond acceptors (Lipinski definition) is 6. The molecule has 0 aliphatic heterocycles. The van der Waals surface area contributed by atoms with Gasteiger partial charge in [0.25, 0.3) is 0 Å². The first-order valence-corrected chi connectivity index (χ1v) is 6.52. The highest BCUT2D eigenvalue weighted by Gasteiger charge is 2.24. The maximum atomic E-state index is 10.9. The van der Waals surface area contributed by atoms with Crippen LogP contribution in [0.4, 0.5) is 11.5 Å². The van der Waals surface area contributed by atoms with Crippen molar-refractivity contribution in [1.29, 1.82) is 0 Å². The van der Waals surface area contributed by atoms with Crippen LogP contribution in [0, 0.1) is 10.1 Å². The van der Waals surface area contributed by atoms with E-state index in [-0.39, 0.29) is 22.5 Å². The van der Waals surface area contributed by atoms with Crippen LogP contribution in [-0.2, 0) is 0 Å². The third-order valence-electron chi connectivity index (χ3n) is 2.18. The molecule has 7 nitrogen and oxygen atoms in total. The number of nitro groups is 1. The molecule has 1 aromatic carbocycles. The molecule has 0 saturated carbocycles. The maximum absolute atomic E-state index is 10.9. The molecule has 0 bridgehead atoms. The van der Waals surface area contributed by atoms with E-state index >= 15 is 0 Å². The van der Waals surface area contributed by atoms with E-state index in [0.717, 1.165) is 6.33 Å². The highest BCUT2D eigenvalue weighted by atomic mass is 79.9. The van der Waals surface area contributed by atoms with Gasteiger partial charge in [-0.2, -0.15) is 4.98 Å². The highest BCUT2D eigenvalue weighted by Crippen LogP contribution is 2.39. The first kappa shape index (κ1) is 14.8. The van der Waals surface area contributed by atoms with Crippen LogP contribution in [-0.4, -0.2) is 14.9 Å². The van der Waals surface area contributed by atoms with Gasteiger partial charge < -0.3 is 10.5 Å². The van der Waals surface area contributed by atoms with Crippen molar-refractivity contribution in [3.05, 3.63) is 43.1 Å². The Hall–Kier alpha value is -1.64. The van der Waals surface area contributed by atoms with Crippen molar-refractivity contribution >= 4 is 50.6 Å². The summed E-state index contributed by atoms with van der Waals surface area (Å²) >= 11 is 15.1. The molecule has 1 aromatic heterocycles. The Labute approximate surface area is 131 Å². The van der Waals surface area contributed by atoms with Gasteiger partial charge in [0.1, 0.15) is 12.1 Å². The van der Waals surface area contributed by atoms with Gasteiger partial charge in [-0.1, -0.05) is 23.2 Å². The number of hydrogen-bond donors (Lipinski definition) is 1. The summed E-state index contributed by atoms with van der Waals surface area (Å²) in [5.41, 5.74) is 4.89. The van der Waals surface area contributed by atoms with Gasteiger partial charge in [-0.15, -0.1) is 0 Å². The Morgan fingerprint density at radius 3 is 2.65 bits per heavy atom. The lowest BCUT2D eigenvalue weighted by molar-refractivity contribution is -0.385. The molecule has 2 rings (SSSR count). The number of aromatic nitrogens is 2. The largest absolute Gasteiger partial charge is 0.432 e. The number of ether oxygens (including phenoxy) is 1. The average Bonchev–Trinajstić information content (AvgIpc) is 2.35. The second-order valence-electron chi connectivity index (χ2n) is 3.47. The second kappa shape index (κ2) is 5.78. The molecule has 104 valence electrons. The van der Waals surface area contributed by atoms with Gasteiger partial charge in [-0.25, -0.2) is 4.98 Å². The van der Waals surface area contributed by atoms with Crippen molar-refractivity contribution in [2.24, 2.45) is 0 Å². The van der Waals surface area contributed by atoms with Crippen LogP contribution in [0.25, 0.3) is 0 Å². The lowest BCUT2D eigenvalue weighted by Gasteiger charge is -2.08. The molecule has 0 fully saturated rings. The van der Waals surface area contributed by atoms with Crippen LogP contribution in [0.3, 0.4) is 0 Å². The number of rotatable bonds is 3. The van der Waals surface area contributed by atoms with Gasteiger partial charge in [-0.3, -0.25) is 10.1 Å². The maximum Gasteiger partial charge on any atom is 0.372 e. The predicted molar refractivity (Wildman–Crippen MR) is 77.3 cm³/mol. The van der Waals surface area contributed by atoms with Crippen molar-refractivity contribution in [3.63, 3.8) is 0 Å². The van der Waals surface area contributed by atoms with Crippen LogP contribution in [0.1, 0.15) is 0 Å². The zero-order valence-corrected chi connectivity index (χ0v) is 12.6. The van der Waals surface area contributed by atoms with E-state index in [1.807, 2.05) is 0 Å². The molecule has 0 radical (unpaired) electrons. The molecular formula is C10H5BrCl2N4O3. The molecule has 2 N–H and O–H groups in total. The average molecular weight is 380 g/mol. The molecule has 0 aliphatic rings. The van der Waals surface area contributed by atoms with Crippen LogP contribution in [0.15, 0.2) is 22.9 Å². The molecule has 0 spiro atoms. The van der Waals surface area contributed by atoms with Crippen molar-refractivity contribution in [2.75, 3.05) is 5.73 Å². The Morgan fingerprint density at radius 1 is 1.30 bits per heavy atom. The first-order chi connectivity index (χ1) is 9.40. The van der Waals surface area contributed by atoms with Crippen molar-refractivity contribution in [1.82, 2.24) is 9.97 Å². The minimum Gasteiger partial charge on any atom is -0.432 e. The third-order valence-corrected chi connectivity index (χ3v) is 3.67. The third kappa shape index (κ3) is 2.92. The van der Waals surface area contributed by atoms with Crippen LogP contribution in [0.5, 0.6) is 11.6 Å². The van der Waals surface area contributed by atoms with E-state index in [4.69, 9.17) is 33.7 Å². The molecule has 0 aliphatic carbocycles. The summed E-state index contributed by atoms with van der Waals surface area (Å²) in [4.78, 5) is 17.4. The van der Waals surface area contributed by atoms with Gasteiger partial charge in [-0.05, 0) is 22.0 Å². The van der Waals surface area contributed by atoms with Crippen LogP contribution in [0.2, 0.25) is 10.0 Å². The summed E-state index contributed by atoms with van der Waals surface area (Å²) in [5, 5.41) is 11.5. The summed E-state index contributed by atoms with van der Waals surface area (Å²) in [6.45, 7) is 0. The van der Waals surface area contributed by atoms with E-state index in [9.17, 15) is 10.1 Å². The fourth-order valence-electron chi connectivity index (χ4n) is 1.31. The van der Waals surface area contributed by atoms with Crippen LogP contribution < -0.4 is 10.5 Å². The van der Waals surface area contributed by atoms with Gasteiger partial charge in [0.05, 0.1) is 15.0 Å². The molecule has 20 heavy (non-hydrogen) atoms. The molecule has 0 amide bonds. The first-order valence-electron chi connectivity index (χ1n) is 4.97. The van der Waals surface area contributed by atoms with Gasteiger partial charge in [0, 0.05) is 10.5 Å². The van der Waals surface area contributed by atoms with Crippen LogP contribution >= 0.6 is 39.1 Å². The van der Waals surface area contributed by atoms with Gasteiger partial charge >= 0.3 is 11.6 Å². The van der Waals surface area contributed by atoms with Crippen molar-refractivity contribution in [3.8, 4) is 11.6 Å². The number of halogens is 3. The Bertz CT molecular complexity index is 698. The Kier molecular flexibility index (Phi) is 4.26. The molecule has 0 saturated heterocycles. The van der Waals surface area contributed by atoms with E-state index in [2.05, 4.69) is 25.9 Å². The normalized spacial score (nSPS) is 10.3. The number of nitrogens with zero attached hydrogens (tertiary/aromatic N) is 3. The summed E-state index contributed by atoms with van der Waals surface area (Å²) < 4.78 is 5.87. The quantitative estimate of drug-likeness (QED) is 0.493. The van der Waals surface area contributed by atoms with E-state index in [1.54, 1.807) is 0 Å². The zero-order valence-electron chi connectivity index (χ0n) is 9.51. The smallest absolute Gasteiger partial charge is 0.372 e. The predicted octanol–water partition coefficient (Wildman–Crippen LogP) is 3.83. The lowest BCUT2D eigenvalue weighted by Crippen LogP contribution is -2.02. The topological polar surface area (TPSA) is 104 Å². The summed E-state index contributed by atoms with van der Waals surface area (Å²) in [5.74, 6) is -0.511. The highest BCUT2D eigenvalue weighted by molar-refractivity contribution is 9.10. The zero-order chi connectivity index (χ0) is 14.9. The van der Waals surface area contributed by atoms with Crippen molar-refractivity contribution in [2.45, 2.75) is 0 Å². The fourth-order valence-corrected chi connectivity index (χ4v) is 2.14. The van der Waals surface area contributed by atoms with Gasteiger partial charge in [0.2, 0.25) is 5.82 Å². The lowest BCUT2D eigenvalue weighted by atomic mass is 10.3. The molecule has 1 heterocycles. The van der Waals surface area contributed by atoms with E-state index in [0.29, 0.717) is 9.50 Å². The fraction of sp³-hybridized carbons (Fsp3) is 0. The second-order valence-corrected chi connectivity index (χ2v) is 5.14. The van der Waals surface area contributed by atoms with Gasteiger partial charge in [0.15, 0.2) is 0 Å². The molecule has 0 unspecified atom stereocenters. The Morgan fingerprint density at radius 2 is 2.00 bits per heavy atom. The molecule has 0 atom stereocenters. The standard InChI is InChI=1S/C10H5BrCl2N4O3/c11-4-1-6(13)7(2-5(4)12)20-10-8(17(18)19)9(14)15-3-16-10/h1-3H,(H2,14,15,16). The number of anilines is 1. The van der Waals surface area contributed by atoms with E-state index < -0.39 is 10.6 Å².